The zero-order chi connectivity index (χ0) is 10.8. The SMILES string of the molecule is CN(C)C(=S)c1cnc2ccccc2n1. The Morgan fingerprint density at radius 1 is 1.20 bits per heavy atom. The zero-order valence-electron chi connectivity index (χ0n) is 8.64. The van der Waals surface area contributed by atoms with Gasteiger partial charge in [0, 0.05) is 14.1 Å². The first-order chi connectivity index (χ1) is 7.18. The second kappa shape index (κ2) is 3.90. The van der Waals surface area contributed by atoms with Crippen LogP contribution in [-0.4, -0.2) is 34.0 Å². The Bertz CT molecular complexity index is 508. The minimum Gasteiger partial charge on any atom is -0.367 e. The van der Waals surface area contributed by atoms with Gasteiger partial charge in [0.15, 0.2) is 0 Å². The van der Waals surface area contributed by atoms with Crippen LogP contribution in [-0.2, 0) is 0 Å². The molecule has 1 heterocycles. The van der Waals surface area contributed by atoms with E-state index in [1.807, 2.05) is 43.3 Å². The molecular weight excluding hydrogens is 206 g/mol. The molecule has 0 saturated heterocycles. The Morgan fingerprint density at radius 2 is 1.87 bits per heavy atom. The second-order valence-electron chi connectivity index (χ2n) is 3.44. The summed E-state index contributed by atoms with van der Waals surface area (Å²) in [5.74, 6) is 0. The first-order valence-electron chi connectivity index (χ1n) is 4.62. The van der Waals surface area contributed by atoms with Gasteiger partial charge in [0.2, 0.25) is 0 Å². The number of nitrogens with zero attached hydrogens (tertiary/aromatic N) is 3. The van der Waals surface area contributed by atoms with E-state index in [1.165, 1.54) is 0 Å². The van der Waals surface area contributed by atoms with Crippen molar-refractivity contribution in [3.8, 4) is 0 Å². The summed E-state index contributed by atoms with van der Waals surface area (Å²) in [7, 11) is 3.80. The van der Waals surface area contributed by atoms with Gasteiger partial charge in [-0.15, -0.1) is 0 Å². The standard InChI is InChI=1S/C11H11N3S/c1-14(2)11(15)10-7-12-8-5-3-4-6-9(8)13-10/h3-7H,1-2H3. The van der Waals surface area contributed by atoms with Crippen LogP contribution in [0.4, 0.5) is 0 Å². The highest BCUT2D eigenvalue weighted by molar-refractivity contribution is 7.80. The predicted molar refractivity (Wildman–Crippen MR) is 64.9 cm³/mol. The minimum absolute atomic E-state index is 0.702. The maximum Gasteiger partial charge on any atom is 0.128 e. The number of benzene rings is 1. The molecule has 2 aromatic rings. The van der Waals surface area contributed by atoms with E-state index in [0.29, 0.717) is 4.99 Å². The molecule has 0 atom stereocenters. The summed E-state index contributed by atoms with van der Waals surface area (Å²) in [5.41, 5.74) is 2.51. The molecule has 0 unspecified atom stereocenters. The third-order valence-electron chi connectivity index (χ3n) is 2.07. The molecule has 1 aromatic heterocycles. The van der Waals surface area contributed by atoms with Gasteiger partial charge in [0.25, 0.3) is 0 Å². The number of para-hydroxylation sites is 2. The molecule has 4 heteroatoms. The lowest BCUT2D eigenvalue weighted by Gasteiger charge is -2.12. The van der Waals surface area contributed by atoms with E-state index in [1.54, 1.807) is 6.20 Å². The van der Waals surface area contributed by atoms with E-state index in [4.69, 9.17) is 12.2 Å². The van der Waals surface area contributed by atoms with Gasteiger partial charge < -0.3 is 4.90 Å². The lowest BCUT2D eigenvalue weighted by molar-refractivity contribution is 0.634. The molecule has 0 aliphatic heterocycles. The number of hydrogen-bond donors (Lipinski definition) is 0. The van der Waals surface area contributed by atoms with Crippen molar-refractivity contribution in [1.29, 1.82) is 0 Å². The van der Waals surface area contributed by atoms with Crippen molar-refractivity contribution in [3.05, 3.63) is 36.2 Å². The Balaban J connectivity index is 2.52. The minimum atomic E-state index is 0.702. The third kappa shape index (κ3) is 1.94. The number of aromatic nitrogens is 2. The highest BCUT2D eigenvalue weighted by Gasteiger charge is 2.06. The van der Waals surface area contributed by atoms with Gasteiger partial charge >= 0.3 is 0 Å². The largest absolute Gasteiger partial charge is 0.367 e. The zero-order valence-corrected chi connectivity index (χ0v) is 9.45. The number of hydrogen-bond acceptors (Lipinski definition) is 3. The molecule has 76 valence electrons. The van der Waals surface area contributed by atoms with Crippen molar-refractivity contribution in [3.63, 3.8) is 0 Å². The Kier molecular flexibility index (Phi) is 2.60. The van der Waals surface area contributed by atoms with Gasteiger partial charge in [0.1, 0.15) is 10.7 Å². The monoisotopic (exact) mass is 217 g/mol. The highest BCUT2D eigenvalue weighted by atomic mass is 32.1. The second-order valence-corrected chi connectivity index (χ2v) is 3.83. The van der Waals surface area contributed by atoms with Crippen molar-refractivity contribution in [1.82, 2.24) is 14.9 Å². The molecule has 15 heavy (non-hydrogen) atoms. The molecule has 0 aliphatic rings. The smallest absolute Gasteiger partial charge is 0.128 e. The molecule has 0 aliphatic carbocycles. The van der Waals surface area contributed by atoms with Gasteiger partial charge in [-0.25, -0.2) is 4.98 Å². The fourth-order valence-electron chi connectivity index (χ4n) is 1.29. The molecule has 3 nitrogen and oxygen atoms in total. The maximum absolute atomic E-state index is 5.23. The van der Waals surface area contributed by atoms with Crippen LogP contribution in [0.3, 0.4) is 0 Å². The molecule has 2 rings (SSSR count). The van der Waals surface area contributed by atoms with Crippen LogP contribution in [0.2, 0.25) is 0 Å². The molecule has 1 aromatic carbocycles. The summed E-state index contributed by atoms with van der Waals surface area (Å²) in [6, 6.07) is 7.76. The Morgan fingerprint density at radius 3 is 2.53 bits per heavy atom. The van der Waals surface area contributed by atoms with E-state index < -0.39 is 0 Å². The average Bonchev–Trinajstić information content (AvgIpc) is 2.27. The fourth-order valence-corrected chi connectivity index (χ4v) is 1.39. The lowest BCUT2D eigenvalue weighted by atomic mass is 10.3. The van der Waals surface area contributed by atoms with E-state index >= 15 is 0 Å². The van der Waals surface area contributed by atoms with Gasteiger partial charge in [-0.2, -0.15) is 0 Å². The van der Waals surface area contributed by atoms with Crippen molar-refractivity contribution < 1.29 is 0 Å². The summed E-state index contributed by atoms with van der Waals surface area (Å²) in [6.45, 7) is 0. The van der Waals surface area contributed by atoms with Gasteiger partial charge in [0.05, 0.1) is 17.2 Å². The molecule has 0 saturated carbocycles. The van der Waals surface area contributed by atoms with E-state index in [0.717, 1.165) is 16.7 Å². The lowest BCUT2D eigenvalue weighted by Crippen LogP contribution is -2.21. The van der Waals surface area contributed by atoms with Crippen molar-refractivity contribution >= 4 is 28.2 Å². The molecule has 0 bridgehead atoms. The van der Waals surface area contributed by atoms with Crippen LogP contribution in [0.1, 0.15) is 5.69 Å². The first-order valence-corrected chi connectivity index (χ1v) is 5.03. The van der Waals surface area contributed by atoms with E-state index in [9.17, 15) is 0 Å². The highest BCUT2D eigenvalue weighted by Crippen LogP contribution is 2.09. The van der Waals surface area contributed by atoms with Crippen molar-refractivity contribution in [2.75, 3.05) is 14.1 Å². The molecular formula is C11H11N3S. The quantitative estimate of drug-likeness (QED) is 0.682. The molecule has 0 spiro atoms. The summed E-state index contributed by atoms with van der Waals surface area (Å²) >= 11 is 5.23. The van der Waals surface area contributed by atoms with Gasteiger partial charge in [-0.05, 0) is 12.1 Å². The van der Waals surface area contributed by atoms with Crippen molar-refractivity contribution in [2.24, 2.45) is 0 Å². The number of rotatable bonds is 1. The van der Waals surface area contributed by atoms with Crippen LogP contribution in [0.25, 0.3) is 11.0 Å². The predicted octanol–water partition coefficient (Wildman–Crippen LogP) is 1.87. The Hall–Kier alpha value is -1.55. The molecule has 0 N–H and O–H groups in total. The molecule has 0 amide bonds. The van der Waals surface area contributed by atoms with Crippen LogP contribution >= 0.6 is 12.2 Å². The summed E-state index contributed by atoms with van der Waals surface area (Å²) < 4.78 is 0. The summed E-state index contributed by atoms with van der Waals surface area (Å²) in [6.07, 6.45) is 1.71. The third-order valence-corrected chi connectivity index (χ3v) is 2.65. The maximum atomic E-state index is 5.23. The van der Waals surface area contributed by atoms with Crippen molar-refractivity contribution in [2.45, 2.75) is 0 Å². The molecule has 0 fully saturated rings. The number of thiocarbonyl (C=S) groups is 1. The van der Waals surface area contributed by atoms with Gasteiger partial charge in [-0.1, -0.05) is 24.4 Å². The summed E-state index contributed by atoms with van der Waals surface area (Å²) in [4.78, 5) is 11.3. The summed E-state index contributed by atoms with van der Waals surface area (Å²) in [5, 5.41) is 0. The number of fused-ring (bicyclic) bond motifs is 1. The van der Waals surface area contributed by atoms with Gasteiger partial charge in [-0.3, -0.25) is 4.98 Å². The topological polar surface area (TPSA) is 29.0 Å². The molecule has 0 radical (unpaired) electrons. The normalized spacial score (nSPS) is 10.3. The van der Waals surface area contributed by atoms with Crippen LogP contribution < -0.4 is 0 Å². The van der Waals surface area contributed by atoms with Crippen LogP contribution in [0.5, 0.6) is 0 Å². The van der Waals surface area contributed by atoms with Crippen LogP contribution in [0.15, 0.2) is 30.5 Å². The van der Waals surface area contributed by atoms with E-state index in [-0.39, 0.29) is 0 Å². The average molecular weight is 217 g/mol. The van der Waals surface area contributed by atoms with Crippen LogP contribution in [0, 0.1) is 0 Å². The fraction of sp³-hybridized carbons (Fsp3) is 0.182. The van der Waals surface area contributed by atoms with E-state index in [2.05, 4.69) is 9.97 Å². The Labute approximate surface area is 93.8 Å². The first kappa shape index (κ1) is 9.98.